The third-order valence-electron chi connectivity index (χ3n) is 15.2. The molecule has 5 aromatic rings. The van der Waals surface area contributed by atoms with Gasteiger partial charge in [-0.05, 0) is 106 Å². The van der Waals surface area contributed by atoms with Crippen molar-refractivity contribution in [2.24, 2.45) is 12.5 Å². The van der Waals surface area contributed by atoms with Crippen molar-refractivity contribution < 1.29 is 54.2 Å². The first-order valence-corrected chi connectivity index (χ1v) is 26.6. The third kappa shape index (κ3) is 10.5. The van der Waals surface area contributed by atoms with Crippen molar-refractivity contribution in [1.29, 1.82) is 0 Å². The topological polar surface area (TPSA) is 187 Å². The van der Waals surface area contributed by atoms with Gasteiger partial charge in [0.25, 0.3) is 11.5 Å². The van der Waals surface area contributed by atoms with Crippen LogP contribution in [0, 0.1) is 5.41 Å². The van der Waals surface area contributed by atoms with E-state index in [1.807, 2.05) is 19.1 Å². The summed E-state index contributed by atoms with van der Waals surface area (Å²) in [4.78, 5) is 56.5. The molecule has 0 bridgehead atoms. The predicted molar refractivity (Wildman–Crippen MR) is 279 cm³/mol. The number of aliphatic hydroxyl groups excluding tert-OH is 1. The molecule has 1 unspecified atom stereocenters. The molecule has 0 spiro atoms. The highest BCUT2D eigenvalue weighted by Crippen LogP contribution is 2.45. The van der Waals surface area contributed by atoms with E-state index >= 15 is 0 Å². The largest absolute Gasteiger partial charge is 0.573 e. The molecule has 412 valence electrons. The number of carbonyl (C=O) groups is 2. The SMILES string of the molecule is C=CC(=O)Nc1cc(Nc2nc(-c3ccnc(N4CCn5c(cc6c5CC(C)(C)C6)C4=O)c3CO)cn(C)c2=O)ccc1N1CCN(C2CCN(c3ccc(S(=O)(=O)C(C)(C)C(F)(F)F)c(OC(F)(F)F)c3)CC2)CC1C. The van der Waals surface area contributed by atoms with E-state index in [-0.39, 0.29) is 34.9 Å². The average molecular weight is 1100 g/mol. The third-order valence-corrected chi connectivity index (χ3v) is 17.7. The number of hydrogen-bond donors (Lipinski definition) is 3. The maximum absolute atomic E-state index is 14.1. The van der Waals surface area contributed by atoms with Crippen LogP contribution in [0.2, 0.25) is 0 Å². The van der Waals surface area contributed by atoms with Gasteiger partial charge in [-0.3, -0.25) is 24.2 Å². The van der Waals surface area contributed by atoms with Crippen LogP contribution in [0.4, 0.5) is 60.7 Å². The number of hydrogen-bond acceptors (Lipinski definition) is 13. The number of sulfone groups is 1. The Morgan fingerprint density at radius 1 is 0.961 bits per heavy atom. The Bertz CT molecular complexity index is 3330. The van der Waals surface area contributed by atoms with Crippen LogP contribution in [0.15, 0.2) is 83.3 Å². The molecule has 2 amide bonds. The highest BCUT2D eigenvalue weighted by Gasteiger charge is 2.58. The minimum absolute atomic E-state index is 0.0486. The van der Waals surface area contributed by atoms with E-state index in [1.165, 1.54) is 21.9 Å². The Morgan fingerprint density at radius 2 is 1.69 bits per heavy atom. The zero-order valence-electron chi connectivity index (χ0n) is 43.3. The first-order chi connectivity index (χ1) is 36.1. The summed E-state index contributed by atoms with van der Waals surface area (Å²) in [5.74, 6) is -1.70. The highest BCUT2D eigenvalue weighted by molar-refractivity contribution is 7.93. The van der Waals surface area contributed by atoms with Gasteiger partial charge in [0.05, 0.1) is 23.7 Å². The van der Waals surface area contributed by atoms with Gasteiger partial charge >= 0.3 is 12.5 Å². The molecule has 2 saturated heterocycles. The number of nitrogens with zero attached hydrogens (tertiary/aromatic N) is 8. The minimum atomic E-state index is -5.39. The van der Waals surface area contributed by atoms with Crippen molar-refractivity contribution in [2.75, 3.05) is 64.6 Å². The van der Waals surface area contributed by atoms with Crippen LogP contribution >= 0.6 is 0 Å². The smallest absolute Gasteiger partial charge is 0.404 e. The zero-order chi connectivity index (χ0) is 55.7. The first-order valence-electron chi connectivity index (χ1n) is 25.1. The molecule has 1 aliphatic carbocycles. The average Bonchev–Trinajstić information content (AvgIpc) is 3.98. The lowest BCUT2D eigenvalue weighted by Crippen LogP contribution is -2.57. The number of fused-ring (bicyclic) bond motifs is 3. The standard InChI is InChI=1S/C53H60F6N10O7S/c1-8-45(71)62-38-24-33(61-46-49(73)64(7)29-39(63-46)36-13-16-60-47(37(36)30-70)69-22-21-68-41(48(69)72)23-32-26-50(3,4)27-42(32)68)9-11-40(38)67-20-19-66(28-31(67)2)34-14-17-65(18-15-34)35-10-12-44(43(25-35)76-53(57,58)59)77(74,75)51(5,6)52(54,55)56/h8-13,16,23-25,29,31,34,70H,1,14-15,17-22,26-28,30H2,2-7H3,(H,61,63)(H,62,71). The molecule has 77 heavy (non-hydrogen) atoms. The lowest BCUT2D eigenvalue weighted by Gasteiger charge is -2.47. The summed E-state index contributed by atoms with van der Waals surface area (Å²) in [5.41, 5.74) is 5.44. The number of piperidine rings is 1. The Labute approximate surface area is 441 Å². The van der Waals surface area contributed by atoms with Crippen molar-refractivity contribution in [3.63, 3.8) is 0 Å². The summed E-state index contributed by atoms with van der Waals surface area (Å²) in [6.45, 7) is 13.7. The molecule has 0 saturated carbocycles. The summed E-state index contributed by atoms with van der Waals surface area (Å²) in [7, 11) is -3.82. The van der Waals surface area contributed by atoms with Crippen molar-refractivity contribution in [2.45, 2.75) is 108 Å². The fraction of sp³-hybridized carbons (Fsp3) is 0.453. The highest BCUT2D eigenvalue weighted by atomic mass is 32.2. The molecule has 6 heterocycles. The number of benzene rings is 2. The van der Waals surface area contributed by atoms with Crippen molar-refractivity contribution in [1.82, 2.24) is 24.0 Å². The number of halogens is 6. The van der Waals surface area contributed by atoms with E-state index in [1.54, 1.807) is 47.4 Å². The lowest BCUT2D eigenvalue weighted by atomic mass is 9.90. The summed E-state index contributed by atoms with van der Waals surface area (Å²) < 4.78 is 112. The number of ether oxygens (including phenoxy) is 1. The molecular weight excluding hydrogens is 1030 g/mol. The van der Waals surface area contributed by atoms with Crippen LogP contribution in [-0.4, -0.2) is 118 Å². The number of aromatic nitrogens is 4. The number of rotatable bonds is 13. The second kappa shape index (κ2) is 20.1. The van der Waals surface area contributed by atoms with E-state index in [2.05, 4.69) is 55.1 Å². The van der Waals surface area contributed by atoms with Gasteiger partial charge in [-0.1, -0.05) is 20.4 Å². The molecule has 0 radical (unpaired) electrons. The van der Waals surface area contributed by atoms with E-state index in [0.717, 1.165) is 31.1 Å². The summed E-state index contributed by atoms with van der Waals surface area (Å²) in [5, 5.41) is 16.9. The number of anilines is 6. The molecule has 2 aromatic carbocycles. The van der Waals surface area contributed by atoms with Crippen LogP contribution in [0.25, 0.3) is 11.3 Å². The first kappa shape index (κ1) is 54.9. The monoisotopic (exact) mass is 1090 g/mol. The van der Waals surface area contributed by atoms with Gasteiger partial charge in [-0.2, -0.15) is 13.2 Å². The Kier molecular flexibility index (Phi) is 14.3. The Balaban J connectivity index is 0.896. The lowest BCUT2D eigenvalue weighted by molar-refractivity contribution is -0.275. The molecule has 3 N–H and O–H groups in total. The normalized spacial score (nSPS) is 18.5. The molecule has 2 fully saturated rings. The van der Waals surface area contributed by atoms with Crippen molar-refractivity contribution in [3.05, 3.63) is 106 Å². The predicted octanol–water partition coefficient (Wildman–Crippen LogP) is 7.98. The number of carbonyl (C=O) groups excluding carboxylic acids is 2. The van der Waals surface area contributed by atoms with Gasteiger partial charge in [0.1, 0.15) is 22.2 Å². The van der Waals surface area contributed by atoms with Crippen LogP contribution < -0.4 is 35.6 Å². The summed E-state index contributed by atoms with van der Waals surface area (Å²) in [6.07, 6.45) is -3.56. The number of amides is 2. The number of piperazine rings is 1. The Hall–Kier alpha value is -6.92. The molecular formula is C53H60F6N10O7S. The number of pyridine rings is 1. The maximum atomic E-state index is 14.1. The van der Waals surface area contributed by atoms with Crippen molar-refractivity contribution >= 4 is 56.0 Å². The van der Waals surface area contributed by atoms with Crippen LogP contribution in [0.5, 0.6) is 5.75 Å². The molecule has 4 aliphatic rings. The fourth-order valence-corrected chi connectivity index (χ4v) is 12.5. The fourth-order valence-electron chi connectivity index (χ4n) is 11.0. The molecule has 3 aromatic heterocycles. The van der Waals surface area contributed by atoms with Crippen molar-refractivity contribution in [3.8, 4) is 17.0 Å². The van der Waals surface area contributed by atoms with Gasteiger partial charge < -0.3 is 39.4 Å². The van der Waals surface area contributed by atoms with Crippen LogP contribution in [0.3, 0.4) is 0 Å². The van der Waals surface area contributed by atoms with Gasteiger partial charge in [0, 0.05) is 112 Å². The van der Waals surface area contributed by atoms with E-state index in [0.29, 0.717) is 118 Å². The van der Waals surface area contributed by atoms with Gasteiger partial charge in [-0.15, -0.1) is 13.2 Å². The number of aliphatic hydroxyl groups is 1. The second-order valence-corrected chi connectivity index (χ2v) is 23.8. The summed E-state index contributed by atoms with van der Waals surface area (Å²) in [6, 6.07) is 11.6. The minimum Gasteiger partial charge on any atom is -0.404 e. The van der Waals surface area contributed by atoms with Crippen LogP contribution in [-0.2, 0) is 47.7 Å². The molecule has 17 nitrogen and oxygen atoms in total. The molecule has 9 rings (SSSR count). The number of alkyl halides is 6. The maximum Gasteiger partial charge on any atom is 0.573 e. The number of nitrogens with one attached hydrogen (secondary N) is 2. The van der Waals surface area contributed by atoms with Gasteiger partial charge in [0.2, 0.25) is 5.91 Å². The van der Waals surface area contributed by atoms with Gasteiger partial charge in [-0.25, -0.2) is 18.4 Å². The summed E-state index contributed by atoms with van der Waals surface area (Å²) >= 11 is 0. The second-order valence-electron chi connectivity index (χ2n) is 21.3. The van der Waals surface area contributed by atoms with E-state index in [9.17, 15) is 54.3 Å². The Morgan fingerprint density at radius 3 is 2.35 bits per heavy atom. The number of aryl methyl sites for hydroxylation is 1. The quantitative estimate of drug-likeness (QED) is 0.0762. The van der Waals surface area contributed by atoms with E-state index in [4.69, 9.17) is 4.98 Å². The van der Waals surface area contributed by atoms with Crippen LogP contribution in [0.1, 0.15) is 74.8 Å². The molecule has 1 atom stereocenters. The van der Waals surface area contributed by atoms with Gasteiger partial charge in [0.15, 0.2) is 20.4 Å². The zero-order valence-corrected chi connectivity index (χ0v) is 44.2. The molecule has 3 aliphatic heterocycles. The molecule has 24 heteroatoms. The van der Waals surface area contributed by atoms with E-state index < -0.39 is 55.8 Å².